The second-order valence-electron chi connectivity index (χ2n) is 7.46. The van der Waals surface area contributed by atoms with E-state index in [2.05, 4.69) is 74.5 Å². The first-order chi connectivity index (χ1) is 14.1. The molecule has 0 spiro atoms. The Morgan fingerprint density at radius 1 is 0.793 bits per heavy atom. The number of thiophene rings is 1. The van der Waals surface area contributed by atoms with Crippen molar-refractivity contribution >= 4 is 43.2 Å². The number of imidazole rings is 2. The van der Waals surface area contributed by atoms with Crippen LogP contribution in [0.25, 0.3) is 53.6 Å². The van der Waals surface area contributed by atoms with Crippen LogP contribution in [-0.2, 0) is 0 Å². The van der Waals surface area contributed by atoms with Crippen molar-refractivity contribution in [3.8, 4) is 21.7 Å². The van der Waals surface area contributed by atoms with Crippen LogP contribution >= 0.6 is 11.3 Å². The van der Waals surface area contributed by atoms with Crippen LogP contribution < -0.4 is 0 Å². The summed E-state index contributed by atoms with van der Waals surface area (Å²) >= 11 is 1.80. The fraction of sp³-hybridized carbons (Fsp3) is 0.0833. The van der Waals surface area contributed by atoms with Crippen molar-refractivity contribution in [2.75, 3.05) is 0 Å². The molecular weight excluding hydrogens is 376 g/mol. The summed E-state index contributed by atoms with van der Waals surface area (Å²) in [7, 11) is 0. The standard InChI is InChI=1S/C24H18N4S/c1-13-25-12-21(26-13)23-11-18-4-3-16(10-22(18)29-23)15-5-7-19-17(9-15)6-8-20-24(19)28-14(2)27-20/h3-12H,1-2H3,(H,25,26)(H,27,28). The molecule has 0 bridgehead atoms. The van der Waals surface area contributed by atoms with Gasteiger partial charge in [-0.2, -0.15) is 0 Å². The highest BCUT2D eigenvalue weighted by atomic mass is 32.1. The van der Waals surface area contributed by atoms with Gasteiger partial charge in [-0.1, -0.05) is 30.3 Å². The summed E-state index contributed by atoms with van der Waals surface area (Å²) in [6.07, 6.45) is 1.90. The predicted octanol–water partition coefficient (Wildman–Crippen LogP) is 6.60. The molecule has 0 saturated heterocycles. The van der Waals surface area contributed by atoms with E-state index in [4.69, 9.17) is 0 Å². The second kappa shape index (κ2) is 6.03. The van der Waals surface area contributed by atoms with Crippen LogP contribution in [0.1, 0.15) is 11.6 Å². The van der Waals surface area contributed by atoms with Crippen molar-refractivity contribution in [2.24, 2.45) is 0 Å². The maximum Gasteiger partial charge on any atom is 0.104 e. The Balaban J connectivity index is 1.46. The lowest BCUT2D eigenvalue weighted by Crippen LogP contribution is -1.81. The molecule has 6 aromatic rings. The first-order valence-corrected chi connectivity index (χ1v) is 10.4. The van der Waals surface area contributed by atoms with Crippen molar-refractivity contribution in [3.63, 3.8) is 0 Å². The quantitative estimate of drug-likeness (QED) is 0.347. The van der Waals surface area contributed by atoms with Crippen LogP contribution in [0.2, 0.25) is 0 Å². The van der Waals surface area contributed by atoms with Crippen LogP contribution in [-0.4, -0.2) is 19.9 Å². The molecule has 0 aliphatic carbocycles. The molecule has 4 nitrogen and oxygen atoms in total. The van der Waals surface area contributed by atoms with Crippen molar-refractivity contribution < 1.29 is 0 Å². The number of fused-ring (bicyclic) bond motifs is 4. The minimum absolute atomic E-state index is 0.941. The van der Waals surface area contributed by atoms with Gasteiger partial charge in [0.25, 0.3) is 0 Å². The molecule has 0 radical (unpaired) electrons. The summed E-state index contributed by atoms with van der Waals surface area (Å²) in [5, 5.41) is 3.69. The topological polar surface area (TPSA) is 57.4 Å². The molecule has 0 fully saturated rings. The third-order valence-corrected chi connectivity index (χ3v) is 6.54. The molecule has 0 aliphatic heterocycles. The monoisotopic (exact) mass is 394 g/mol. The fourth-order valence-electron chi connectivity index (χ4n) is 4.00. The lowest BCUT2D eigenvalue weighted by molar-refractivity contribution is 1.15. The van der Waals surface area contributed by atoms with E-state index in [9.17, 15) is 0 Å². The molecule has 0 saturated carbocycles. The Kier molecular flexibility index (Phi) is 3.43. The molecule has 5 heteroatoms. The van der Waals surface area contributed by atoms with E-state index in [0.717, 1.165) is 28.4 Å². The maximum atomic E-state index is 4.55. The van der Waals surface area contributed by atoms with Gasteiger partial charge in [0.05, 0.1) is 27.8 Å². The maximum absolute atomic E-state index is 4.55. The molecule has 3 aromatic carbocycles. The zero-order chi connectivity index (χ0) is 19.5. The third-order valence-electron chi connectivity index (χ3n) is 5.41. The molecule has 0 amide bonds. The number of H-pyrrole nitrogens is 2. The van der Waals surface area contributed by atoms with Crippen molar-refractivity contribution in [2.45, 2.75) is 13.8 Å². The number of aromatic amines is 2. The molecule has 3 aromatic heterocycles. The van der Waals surface area contributed by atoms with Crippen LogP contribution in [0.5, 0.6) is 0 Å². The van der Waals surface area contributed by atoms with Crippen LogP contribution in [0.15, 0.2) is 60.8 Å². The SMILES string of the molecule is Cc1ncc(-c2cc3ccc(-c4ccc5c(ccc6nc(C)[nH]c65)c4)cc3s2)[nH]1. The fourth-order valence-corrected chi connectivity index (χ4v) is 5.07. The summed E-state index contributed by atoms with van der Waals surface area (Å²) < 4.78 is 1.28. The van der Waals surface area contributed by atoms with E-state index in [0.29, 0.717) is 0 Å². The van der Waals surface area contributed by atoms with Gasteiger partial charge in [-0.05, 0) is 60.0 Å². The average Bonchev–Trinajstić information content (AvgIpc) is 3.43. The summed E-state index contributed by atoms with van der Waals surface area (Å²) in [5.41, 5.74) is 5.66. The molecule has 140 valence electrons. The van der Waals surface area contributed by atoms with E-state index >= 15 is 0 Å². The minimum atomic E-state index is 0.941. The van der Waals surface area contributed by atoms with Crippen molar-refractivity contribution in [1.82, 2.24) is 19.9 Å². The second-order valence-corrected chi connectivity index (χ2v) is 8.55. The number of aromatic nitrogens is 4. The molecule has 29 heavy (non-hydrogen) atoms. The van der Waals surface area contributed by atoms with Gasteiger partial charge < -0.3 is 9.97 Å². The van der Waals surface area contributed by atoms with E-state index in [-0.39, 0.29) is 0 Å². The molecule has 6 rings (SSSR count). The van der Waals surface area contributed by atoms with Crippen molar-refractivity contribution in [1.29, 1.82) is 0 Å². The van der Waals surface area contributed by atoms with E-state index < -0.39 is 0 Å². The van der Waals surface area contributed by atoms with Crippen LogP contribution in [0, 0.1) is 13.8 Å². The number of rotatable bonds is 2. The first kappa shape index (κ1) is 16.5. The summed E-state index contributed by atoms with van der Waals surface area (Å²) in [5.74, 6) is 1.89. The average molecular weight is 395 g/mol. The highest BCUT2D eigenvalue weighted by molar-refractivity contribution is 7.22. The third kappa shape index (κ3) is 2.66. The number of hydrogen-bond donors (Lipinski definition) is 2. The van der Waals surface area contributed by atoms with Crippen molar-refractivity contribution in [3.05, 3.63) is 72.4 Å². The Hall–Kier alpha value is -3.44. The zero-order valence-electron chi connectivity index (χ0n) is 16.1. The number of aryl methyl sites for hydroxylation is 2. The lowest BCUT2D eigenvalue weighted by Gasteiger charge is -2.05. The highest BCUT2D eigenvalue weighted by Crippen LogP contribution is 2.36. The van der Waals surface area contributed by atoms with Crippen LogP contribution in [0.3, 0.4) is 0 Å². The summed E-state index contributed by atoms with van der Waals surface area (Å²) in [6.45, 7) is 3.97. The number of nitrogens with zero attached hydrogens (tertiary/aromatic N) is 2. The van der Waals surface area contributed by atoms with Gasteiger partial charge in [-0.15, -0.1) is 11.3 Å². The Morgan fingerprint density at radius 3 is 2.48 bits per heavy atom. The Morgan fingerprint density at radius 2 is 1.62 bits per heavy atom. The Labute approximate surface area is 171 Å². The van der Waals surface area contributed by atoms with Gasteiger partial charge in [-0.3, -0.25) is 0 Å². The van der Waals surface area contributed by atoms with E-state index in [1.54, 1.807) is 11.3 Å². The Bertz CT molecular complexity index is 1530. The first-order valence-electron chi connectivity index (χ1n) is 9.59. The summed E-state index contributed by atoms with van der Waals surface area (Å²) in [4.78, 5) is 16.8. The van der Waals surface area contributed by atoms with E-state index in [1.165, 1.54) is 36.9 Å². The largest absolute Gasteiger partial charge is 0.342 e. The number of nitrogens with one attached hydrogen (secondary N) is 2. The molecule has 2 N–H and O–H groups in total. The van der Waals surface area contributed by atoms with Gasteiger partial charge in [0, 0.05) is 10.1 Å². The smallest absolute Gasteiger partial charge is 0.104 e. The van der Waals surface area contributed by atoms with Gasteiger partial charge >= 0.3 is 0 Å². The van der Waals surface area contributed by atoms with E-state index in [1.807, 2.05) is 20.0 Å². The molecule has 0 aliphatic rings. The minimum Gasteiger partial charge on any atom is -0.342 e. The predicted molar refractivity (Wildman–Crippen MR) is 121 cm³/mol. The summed E-state index contributed by atoms with van der Waals surface area (Å²) in [6, 6.07) is 19.8. The van der Waals surface area contributed by atoms with Crippen LogP contribution in [0.4, 0.5) is 0 Å². The lowest BCUT2D eigenvalue weighted by atomic mass is 10.00. The molecule has 0 unspecified atom stereocenters. The zero-order valence-corrected chi connectivity index (χ0v) is 16.9. The van der Waals surface area contributed by atoms with Gasteiger partial charge in [0.2, 0.25) is 0 Å². The molecule has 3 heterocycles. The highest BCUT2D eigenvalue weighted by Gasteiger charge is 2.10. The van der Waals surface area contributed by atoms with Gasteiger partial charge in [0.1, 0.15) is 11.6 Å². The number of benzene rings is 3. The van der Waals surface area contributed by atoms with Gasteiger partial charge in [0.15, 0.2) is 0 Å². The van der Waals surface area contributed by atoms with Gasteiger partial charge in [-0.25, -0.2) is 9.97 Å². The number of hydrogen-bond acceptors (Lipinski definition) is 3. The molecule has 0 atom stereocenters. The molecular formula is C24H18N4S. The normalized spacial score (nSPS) is 11.8.